The van der Waals surface area contributed by atoms with E-state index in [1.165, 1.54) is 18.2 Å². The Morgan fingerprint density at radius 3 is 2.32 bits per heavy atom. The molecule has 0 spiro atoms. The van der Waals surface area contributed by atoms with Gasteiger partial charge in [-0.15, -0.1) is 0 Å². The quantitative estimate of drug-likeness (QED) is 0.199. The van der Waals surface area contributed by atoms with Crippen molar-refractivity contribution in [3.05, 3.63) is 94.0 Å². The largest absolute Gasteiger partial charge is 0.497 e. The molecular formula is C26H24N2O6. The van der Waals surface area contributed by atoms with Crippen LogP contribution in [0.5, 0.6) is 17.2 Å². The van der Waals surface area contributed by atoms with Crippen LogP contribution in [0.1, 0.15) is 15.9 Å². The van der Waals surface area contributed by atoms with Gasteiger partial charge in [0, 0.05) is 30.4 Å². The van der Waals surface area contributed by atoms with Crippen LogP contribution in [0.2, 0.25) is 0 Å². The highest BCUT2D eigenvalue weighted by Crippen LogP contribution is 2.33. The van der Waals surface area contributed by atoms with Gasteiger partial charge in [-0.3, -0.25) is 14.9 Å². The minimum Gasteiger partial charge on any atom is -0.497 e. The normalized spacial score (nSPS) is 13.6. The van der Waals surface area contributed by atoms with Crippen LogP contribution in [-0.4, -0.2) is 44.1 Å². The number of allylic oxidation sites excluding steroid dienone is 1. The topological polar surface area (TPSA) is 91.1 Å². The monoisotopic (exact) mass is 460 g/mol. The minimum atomic E-state index is -0.512. The lowest BCUT2D eigenvalue weighted by Gasteiger charge is -2.28. The van der Waals surface area contributed by atoms with Crippen molar-refractivity contribution in [1.29, 1.82) is 0 Å². The lowest BCUT2D eigenvalue weighted by molar-refractivity contribution is -0.385. The summed E-state index contributed by atoms with van der Waals surface area (Å²) in [6.45, 7) is 3.03. The van der Waals surface area contributed by atoms with E-state index in [0.29, 0.717) is 35.8 Å². The first kappa shape index (κ1) is 23.0. The molecule has 3 aromatic carbocycles. The van der Waals surface area contributed by atoms with Crippen LogP contribution in [0.3, 0.4) is 0 Å². The molecule has 1 fully saturated rings. The van der Waals surface area contributed by atoms with Gasteiger partial charge in [0.15, 0.2) is 5.78 Å². The molecule has 1 heterocycles. The van der Waals surface area contributed by atoms with Gasteiger partial charge in [-0.1, -0.05) is 12.1 Å². The zero-order chi connectivity index (χ0) is 23.9. The number of rotatable bonds is 8. The second-order valence-corrected chi connectivity index (χ2v) is 7.61. The van der Waals surface area contributed by atoms with E-state index in [9.17, 15) is 14.9 Å². The second-order valence-electron chi connectivity index (χ2n) is 7.61. The Morgan fingerprint density at radius 1 is 1.00 bits per heavy atom. The van der Waals surface area contributed by atoms with E-state index in [2.05, 4.69) is 4.90 Å². The van der Waals surface area contributed by atoms with E-state index < -0.39 is 4.92 Å². The highest BCUT2D eigenvalue weighted by atomic mass is 16.6. The van der Waals surface area contributed by atoms with Crippen LogP contribution in [0.4, 0.5) is 11.4 Å². The molecule has 1 saturated heterocycles. The predicted octanol–water partition coefficient (Wildman–Crippen LogP) is 5.13. The van der Waals surface area contributed by atoms with Crippen molar-refractivity contribution in [3.63, 3.8) is 0 Å². The van der Waals surface area contributed by atoms with Gasteiger partial charge in [-0.25, -0.2) is 0 Å². The number of carbonyl (C=O) groups excluding carboxylic acids is 1. The zero-order valence-corrected chi connectivity index (χ0v) is 18.7. The predicted molar refractivity (Wildman–Crippen MR) is 129 cm³/mol. The Labute approximate surface area is 197 Å². The van der Waals surface area contributed by atoms with Gasteiger partial charge in [0.05, 0.1) is 25.2 Å². The Hall–Kier alpha value is -4.17. The summed E-state index contributed by atoms with van der Waals surface area (Å²) in [5.41, 5.74) is 1.92. The Morgan fingerprint density at radius 2 is 1.68 bits per heavy atom. The van der Waals surface area contributed by atoms with Crippen LogP contribution in [0, 0.1) is 10.1 Å². The molecule has 1 aliphatic heterocycles. The summed E-state index contributed by atoms with van der Waals surface area (Å²) in [6.07, 6.45) is 2.97. The van der Waals surface area contributed by atoms with Gasteiger partial charge in [0.25, 0.3) is 0 Å². The van der Waals surface area contributed by atoms with Crippen molar-refractivity contribution in [2.75, 3.05) is 38.3 Å². The van der Waals surface area contributed by atoms with Gasteiger partial charge in [0.2, 0.25) is 5.75 Å². The van der Waals surface area contributed by atoms with E-state index in [1.807, 2.05) is 12.1 Å². The highest BCUT2D eigenvalue weighted by Gasteiger charge is 2.17. The van der Waals surface area contributed by atoms with Crippen molar-refractivity contribution in [2.45, 2.75) is 0 Å². The van der Waals surface area contributed by atoms with Gasteiger partial charge in [0.1, 0.15) is 11.5 Å². The summed E-state index contributed by atoms with van der Waals surface area (Å²) in [5.74, 6) is 1.03. The third kappa shape index (κ3) is 5.60. The van der Waals surface area contributed by atoms with Crippen molar-refractivity contribution in [3.8, 4) is 17.2 Å². The average molecular weight is 460 g/mol. The molecule has 1 aliphatic rings. The number of hydrogen-bond acceptors (Lipinski definition) is 7. The summed E-state index contributed by atoms with van der Waals surface area (Å²) in [4.78, 5) is 25.9. The molecule has 3 aromatic rings. The van der Waals surface area contributed by atoms with Crippen LogP contribution in [-0.2, 0) is 4.74 Å². The van der Waals surface area contributed by atoms with Crippen molar-refractivity contribution < 1.29 is 23.9 Å². The first-order valence-electron chi connectivity index (χ1n) is 10.8. The SMILES string of the molecule is COc1ccc(Oc2ccc(C=CC(=O)c3ccc(N4CCOCC4)cc3)cc2[N+](=O)[O-])cc1. The van der Waals surface area contributed by atoms with Crippen LogP contribution in [0.15, 0.2) is 72.8 Å². The van der Waals surface area contributed by atoms with E-state index in [1.54, 1.807) is 55.7 Å². The number of benzene rings is 3. The molecule has 0 bridgehead atoms. The van der Waals surface area contributed by atoms with Crippen molar-refractivity contribution in [2.24, 2.45) is 0 Å². The molecule has 0 saturated carbocycles. The first-order valence-corrected chi connectivity index (χ1v) is 10.8. The van der Waals surface area contributed by atoms with Crippen molar-refractivity contribution in [1.82, 2.24) is 0 Å². The molecule has 8 nitrogen and oxygen atoms in total. The Bertz CT molecular complexity index is 1180. The summed E-state index contributed by atoms with van der Waals surface area (Å²) >= 11 is 0. The zero-order valence-electron chi connectivity index (χ0n) is 18.7. The van der Waals surface area contributed by atoms with Crippen LogP contribution < -0.4 is 14.4 Å². The van der Waals surface area contributed by atoms with E-state index in [4.69, 9.17) is 14.2 Å². The number of ketones is 1. The number of carbonyl (C=O) groups is 1. The summed E-state index contributed by atoms with van der Waals surface area (Å²) in [5, 5.41) is 11.6. The number of nitro benzene ring substituents is 1. The molecule has 0 amide bonds. The lowest BCUT2D eigenvalue weighted by Crippen LogP contribution is -2.36. The highest BCUT2D eigenvalue weighted by molar-refractivity contribution is 6.07. The maximum Gasteiger partial charge on any atom is 0.312 e. The number of methoxy groups -OCH3 is 1. The fourth-order valence-electron chi connectivity index (χ4n) is 3.56. The Kier molecular flexibility index (Phi) is 7.19. The average Bonchev–Trinajstić information content (AvgIpc) is 2.89. The van der Waals surface area contributed by atoms with Gasteiger partial charge >= 0.3 is 5.69 Å². The maximum atomic E-state index is 12.6. The molecule has 0 unspecified atom stereocenters. The molecular weight excluding hydrogens is 436 g/mol. The number of ether oxygens (including phenoxy) is 3. The van der Waals surface area contributed by atoms with E-state index >= 15 is 0 Å². The standard InChI is InChI=1S/C26H24N2O6/c1-32-22-8-10-23(11-9-22)34-26-13-3-19(18-24(26)28(30)31)2-12-25(29)20-4-6-21(7-5-20)27-14-16-33-17-15-27/h2-13,18H,14-17H2,1H3. The van der Waals surface area contributed by atoms with E-state index in [-0.39, 0.29) is 17.2 Å². The molecule has 34 heavy (non-hydrogen) atoms. The summed E-state index contributed by atoms with van der Waals surface area (Å²) < 4.78 is 16.2. The summed E-state index contributed by atoms with van der Waals surface area (Å²) in [6, 6.07) is 18.7. The number of hydrogen-bond donors (Lipinski definition) is 0. The van der Waals surface area contributed by atoms with Gasteiger partial charge in [-0.05, 0) is 66.2 Å². The molecule has 0 N–H and O–H groups in total. The second kappa shape index (κ2) is 10.6. The smallest absolute Gasteiger partial charge is 0.312 e. The number of nitrogens with zero attached hydrogens (tertiary/aromatic N) is 2. The molecule has 0 aromatic heterocycles. The first-order chi connectivity index (χ1) is 16.5. The van der Waals surface area contributed by atoms with Gasteiger partial charge < -0.3 is 19.1 Å². The van der Waals surface area contributed by atoms with Gasteiger partial charge in [-0.2, -0.15) is 0 Å². The number of nitro groups is 1. The molecule has 8 heteroatoms. The minimum absolute atomic E-state index is 0.109. The molecule has 0 atom stereocenters. The van der Waals surface area contributed by atoms with Crippen molar-refractivity contribution >= 4 is 23.2 Å². The van der Waals surface area contributed by atoms with E-state index in [0.717, 1.165) is 18.8 Å². The number of morpholine rings is 1. The molecule has 0 aliphatic carbocycles. The van der Waals surface area contributed by atoms with Crippen LogP contribution >= 0.6 is 0 Å². The maximum absolute atomic E-state index is 12.6. The number of anilines is 1. The fourth-order valence-corrected chi connectivity index (χ4v) is 3.56. The molecule has 174 valence electrons. The lowest BCUT2D eigenvalue weighted by atomic mass is 10.1. The summed E-state index contributed by atoms with van der Waals surface area (Å²) in [7, 11) is 1.55. The third-order valence-electron chi connectivity index (χ3n) is 5.42. The third-order valence-corrected chi connectivity index (χ3v) is 5.42. The van der Waals surface area contributed by atoms with Crippen LogP contribution in [0.25, 0.3) is 6.08 Å². The molecule has 0 radical (unpaired) electrons. The fraction of sp³-hybridized carbons (Fsp3) is 0.192. The Balaban J connectivity index is 1.46. The molecule has 4 rings (SSSR count).